The Balaban J connectivity index is 0.00000144. The fourth-order valence-corrected chi connectivity index (χ4v) is 1.95. The van der Waals surface area contributed by atoms with Gasteiger partial charge in [0.1, 0.15) is 0 Å². The molecule has 0 atom stereocenters. The van der Waals surface area contributed by atoms with Gasteiger partial charge < -0.3 is 10.2 Å². The average molecular weight is 296 g/mol. The van der Waals surface area contributed by atoms with E-state index in [1.807, 2.05) is 0 Å². The molecule has 1 N–H and O–H groups in total. The first-order chi connectivity index (χ1) is 7.61. The van der Waals surface area contributed by atoms with Crippen LogP contribution in [0.5, 0.6) is 0 Å². The molecule has 3 nitrogen and oxygen atoms in total. The standard InChI is InChI=1S/C11H12Cl2N2O.ClH/c1-15(7-5-14-6-7)11(16)8-3-2-4-9(12)10(8)13;/h2-4,7,14H,5-6H2,1H3;1H. The molecule has 0 aliphatic carbocycles. The lowest BCUT2D eigenvalue weighted by Crippen LogP contribution is -2.57. The Kier molecular flexibility index (Phi) is 5.07. The Morgan fingerprint density at radius 2 is 2.06 bits per heavy atom. The molecule has 0 bridgehead atoms. The van der Waals surface area contributed by atoms with Crippen molar-refractivity contribution < 1.29 is 4.79 Å². The Bertz CT molecular complexity index is 421. The Labute approximate surface area is 116 Å². The van der Waals surface area contributed by atoms with Gasteiger partial charge in [-0.2, -0.15) is 0 Å². The molecule has 2 rings (SSSR count). The highest BCUT2D eigenvalue weighted by Crippen LogP contribution is 2.26. The van der Waals surface area contributed by atoms with Crippen molar-refractivity contribution in [2.75, 3.05) is 20.1 Å². The van der Waals surface area contributed by atoms with E-state index < -0.39 is 0 Å². The predicted molar refractivity (Wildman–Crippen MR) is 72.5 cm³/mol. The second kappa shape index (κ2) is 5.91. The summed E-state index contributed by atoms with van der Waals surface area (Å²) in [4.78, 5) is 13.8. The van der Waals surface area contributed by atoms with E-state index in [9.17, 15) is 4.79 Å². The average Bonchev–Trinajstić information content (AvgIpc) is 2.18. The Morgan fingerprint density at radius 1 is 1.41 bits per heavy atom. The molecule has 1 amide bonds. The first kappa shape index (κ1) is 14.6. The van der Waals surface area contributed by atoms with Crippen molar-refractivity contribution in [1.82, 2.24) is 10.2 Å². The summed E-state index contributed by atoms with van der Waals surface area (Å²) in [6.07, 6.45) is 0. The van der Waals surface area contributed by atoms with Crippen molar-refractivity contribution in [3.63, 3.8) is 0 Å². The van der Waals surface area contributed by atoms with Crippen molar-refractivity contribution in [3.8, 4) is 0 Å². The Morgan fingerprint density at radius 3 is 2.59 bits per heavy atom. The first-order valence-electron chi connectivity index (χ1n) is 5.03. The van der Waals surface area contributed by atoms with Crippen LogP contribution < -0.4 is 5.32 Å². The number of hydrogen-bond donors (Lipinski definition) is 1. The van der Waals surface area contributed by atoms with Crippen molar-refractivity contribution in [1.29, 1.82) is 0 Å². The summed E-state index contributed by atoms with van der Waals surface area (Å²) < 4.78 is 0. The number of nitrogens with zero attached hydrogens (tertiary/aromatic N) is 1. The number of benzene rings is 1. The zero-order valence-corrected chi connectivity index (χ0v) is 11.6. The van der Waals surface area contributed by atoms with Crippen LogP contribution in [-0.2, 0) is 0 Å². The molecule has 0 spiro atoms. The van der Waals surface area contributed by atoms with Gasteiger partial charge in [-0.05, 0) is 12.1 Å². The largest absolute Gasteiger partial charge is 0.336 e. The summed E-state index contributed by atoms with van der Waals surface area (Å²) in [6, 6.07) is 5.35. The highest BCUT2D eigenvalue weighted by atomic mass is 35.5. The van der Waals surface area contributed by atoms with Gasteiger partial charge in [0.15, 0.2) is 0 Å². The highest BCUT2D eigenvalue weighted by Gasteiger charge is 2.27. The van der Waals surface area contributed by atoms with E-state index in [-0.39, 0.29) is 24.4 Å². The van der Waals surface area contributed by atoms with Gasteiger partial charge in [0.25, 0.3) is 5.91 Å². The summed E-state index contributed by atoms with van der Waals surface area (Å²) >= 11 is 11.9. The smallest absolute Gasteiger partial charge is 0.255 e. The van der Waals surface area contributed by atoms with Crippen molar-refractivity contribution in [3.05, 3.63) is 33.8 Å². The third-order valence-electron chi connectivity index (χ3n) is 2.81. The molecule has 94 valence electrons. The van der Waals surface area contributed by atoms with Gasteiger partial charge in [-0.3, -0.25) is 4.79 Å². The van der Waals surface area contributed by atoms with Gasteiger partial charge in [-0.25, -0.2) is 0 Å². The summed E-state index contributed by atoms with van der Waals surface area (Å²) in [7, 11) is 1.78. The van der Waals surface area contributed by atoms with E-state index in [1.165, 1.54) is 0 Å². The van der Waals surface area contributed by atoms with Gasteiger partial charge in [0, 0.05) is 20.1 Å². The molecule has 1 fully saturated rings. The fraction of sp³-hybridized carbons (Fsp3) is 0.364. The van der Waals surface area contributed by atoms with E-state index in [4.69, 9.17) is 23.2 Å². The first-order valence-corrected chi connectivity index (χ1v) is 5.78. The molecule has 1 heterocycles. The minimum Gasteiger partial charge on any atom is -0.336 e. The minimum absolute atomic E-state index is 0. The third-order valence-corrected chi connectivity index (χ3v) is 3.63. The van der Waals surface area contributed by atoms with E-state index in [0.29, 0.717) is 15.6 Å². The van der Waals surface area contributed by atoms with Crippen LogP contribution in [0, 0.1) is 0 Å². The molecule has 0 aromatic heterocycles. The Hall–Kier alpha value is -0.480. The summed E-state index contributed by atoms with van der Waals surface area (Å²) in [6.45, 7) is 1.67. The molecule has 0 saturated carbocycles. The van der Waals surface area contributed by atoms with Crippen LogP contribution in [0.1, 0.15) is 10.4 Å². The van der Waals surface area contributed by atoms with Gasteiger partial charge in [-0.15, -0.1) is 12.4 Å². The van der Waals surface area contributed by atoms with Crippen molar-refractivity contribution >= 4 is 41.5 Å². The SMILES string of the molecule is CN(C(=O)c1cccc(Cl)c1Cl)C1CNC1.Cl. The van der Waals surface area contributed by atoms with Gasteiger partial charge in [-0.1, -0.05) is 29.3 Å². The van der Waals surface area contributed by atoms with E-state index in [0.717, 1.165) is 13.1 Å². The van der Waals surface area contributed by atoms with Gasteiger partial charge in [0.05, 0.1) is 21.7 Å². The molecular formula is C11H13Cl3N2O. The number of rotatable bonds is 2. The number of likely N-dealkylation sites (N-methyl/N-ethyl adjacent to an activating group) is 1. The lowest BCUT2D eigenvalue weighted by atomic mass is 10.1. The lowest BCUT2D eigenvalue weighted by molar-refractivity contribution is 0.0681. The summed E-state index contributed by atoms with van der Waals surface area (Å²) in [5.74, 6) is -0.0843. The van der Waals surface area contributed by atoms with E-state index in [1.54, 1.807) is 30.1 Å². The zero-order chi connectivity index (χ0) is 11.7. The number of halogens is 3. The second-order valence-electron chi connectivity index (χ2n) is 3.83. The van der Waals surface area contributed by atoms with Crippen LogP contribution in [0.15, 0.2) is 18.2 Å². The van der Waals surface area contributed by atoms with Crippen LogP contribution in [0.4, 0.5) is 0 Å². The molecule has 1 aliphatic heterocycles. The molecule has 1 aromatic carbocycles. The molecule has 6 heteroatoms. The van der Waals surface area contributed by atoms with Crippen LogP contribution in [0.2, 0.25) is 10.0 Å². The minimum atomic E-state index is -0.0843. The highest BCUT2D eigenvalue weighted by molar-refractivity contribution is 6.43. The number of carbonyl (C=O) groups is 1. The number of nitrogens with one attached hydrogen (secondary N) is 1. The monoisotopic (exact) mass is 294 g/mol. The number of carbonyl (C=O) groups excluding carboxylic acids is 1. The number of hydrogen-bond acceptors (Lipinski definition) is 2. The topological polar surface area (TPSA) is 32.3 Å². The predicted octanol–water partition coefficient (Wildman–Crippen LogP) is 2.46. The molecule has 0 radical (unpaired) electrons. The molecule has 1 saturated heterocycles. The maximum atomic E-state index is 12.1. The lowest BCUT2D eigenvalue weighted by Gasteiger charge is -2.35. The zero-order valence-electron chi connectivity index (χ0n) is 9.24. The maximum Gasteiger partial charge on any atom is 0.255 e. The molecule has 1 aromatic rings. The normalized spacial score (nSPS) is 14.8. The molecule has 17 heavy (non-hydrogen) atoms. The van der Waals surface area contributed by atoms with Crippen molar-refractivity contribution in [2.24, 2.45) is 0 Å². The quantitative estimate of drug-likeness (QED) is 0.909. The summed E-state index contributed by atoms with van der Waals surface area (Å²) in [5.41, 5.74) is 0.462. The van der Waals surface area contributed by atoms with Crippen LogP contribution in [0.25, 0.3) is 0 Å². The van der Waals surface area contributed by atoms with E-state index in [2.05, 4.69) is 5.32 Å². The van der Waals surface area contributed by atoms with Gasteiger partial charge in [0.2, 0.25) is 0 Å². The maximum absolute atomic E-state index is 12.1. The summed E-state index contributed by atoms with van der Waals surface area (Å²) in [5, 5.41) is 3.86. The van der Waals surface area contributed by atoms with Crippen molar-refractivity contribution in [2.45, 2.75) is 6.04 Å². The van der Waals surface area contributed by atoms with Crippen LogP contribution in [0.3, 0.4) is 0 Å². The molecular weight excluding hydrogens is 282 g/mol. The molecule has 1 aliphatic rings. The van der Waals surface area contributed by atoms with E-state index >= 15 is 0 Å². The fourth-order valence-electron chi connectivity index (χ4n) is 1.57. The second-order valence-corrected chi connectivity index (χ2v) is 4.61. The molecule has 0 unspecified atom stereocenters. The number of amides is 1. The third kappa shape index (κ3) is 2.86. The van der Waals surface area contributed by atoms with Crippen LogP contribution >= 0.6 is 35.6 Å². The van der Waals surface area contributed by atoms with Gasteiger partial charge >= 0.3 is 0 Å². The van der Waals surface area contributed by atoms with Crippen LogP contribution in [-0.4, -0.2) is 37.0 Å².